The topological polar surface area (TPSA) is 73.9 Å². The van der Waals surface area contributed by atoms with Crippen molar-refractivity contribution in [1.82, 2.24) is 0 Å². The summed E-state index contributed by atoms with van der Waals surface area (Å²) in [6, 6.07) is 19.6. The number of ether oxygens (including phenoxy) is 3. The zero-order valence-electron chi connectivity index (χ0n) is 17.4. The SMILES string of the molecule is Cc1ccc(C)c(NC(=O)[C@H](OC(=O)c2ccc3c(c2)OCCO3)c2ccccc2)c1. The maximum absolute atomic E-state index is 13.1. The summed E-state index contributed by atoms with van der Waals surface area (Å²) < 4.78 is 16.7. The third kappa shape index (κ3) is 4.69. The number of nitrogens with one attached hydrogen (secondary N) is 1. The van der Waals surface area contributed by atoms with Crippen LogP contribution >= 0.6 is 0 Å². The molecule has 0 saturated carbocycles. The van der Waals surface area contributed by atoms with Gasteiger partial charge in [0, 0.05) is 11.3 Å². The Morgan fingerprint density at radius 2 is 1.65 bits per heavy atom. The number of rotatable bonds is 5. The van der Waals surface area contributed by atoms with Crippen molar-refractivity contribution >= 4 is 17.6 Å². The lowest BCUT2D eigenvalue weighted by molar-refractivity contribution is -0.125. The van der Waals surface area contributed by atoms with E-state index in [9.17, 15) is 9.59 Å². The van der Waals surface area contributed by atoms with Crippen LogP contribution in [0.15, 0.2) is 66.7 Å². The molecule has 1 atom stereocenters. The number of aryl methyl sites for hydroxylation is 2. The predicted molar refractivity (Wildman–Crippen MR) is 117 cm³/mol. The molecule has 0 saturated heterocycles. The van der Waals surface area contributed by atoms with Crippen molar-refractivity contribution in [2.24, 2.45) is 0 Å². The van der Waals surface area contributed by atoms with Crippen LogP contribution in [0.3, 0.4) is 0 Å². The van der Waals surface area contributed by atoms with Gasteiger partial charge in [0.1, 0.15) is 13.2 Å². The van der Waals surface area contributed by atoms with E-state index in [0.717, 1.165) is 11.1 Å². The van der Waals surface area contributed by atoms with Crippen LogP contribution in [0, 0.1) is 13.8 Å². The molecule has 1 amide bonds. The van der Waals surface area contributed by atoms with Crippen molar-refractivity contribution in [2.75, 3.05) is 18.5 Å². The van der Waals surface area contributed by atoms with E-state index in [2.05, 4.69) is 5.32 Å². The number of carbonyl (C=O) groups is 2. The zero-order chi connectivity index (χ0) is 21.8. The van der Waals surface area contributed by atoms with Gasteiger partial charge in [-0.3, -0.25) is 4.79 Å². The summed E-state index contributed by atoms with van der Waals surface area (Å²) in [4.78, 5) is 26.0. The Labute approximate surface area is 180 Å². The molecule has 158 valence electrons. The second-order valence-corrected chi connectivity index (χ2v) is 7.36. The molecular weight excluding hydrogens is 394 g/mol. The Bertz CT molecular complexity index is 1110. The molecule has 0 aromatic heterocycles. The molecule has 0 spiro atoms. The van der Waals surface area contributed by atoms with Crippen molar-refractivity contribution in [3.63, 3.8) is 0 Å². The number of fused-ring (bicyclic) bond motifs is 1. The minimum atomic E-state index is -1.11. The van der Waals surface area contributed by atoms with Crippen LogP contribution in [0.5, 0.6) is 11.5 Å². The van der Waals surface area contributed by atoms with Gasteiger partial charge in [0.15, 0.2) is 11.5 Å². The highest BCUT2D eigenvalue weighted by Gasteiger charge is 2.27. The predicted octanol–water partition coefficient (Wildman–Crippen LogP) is 4.61. The molecule has 1 aliphatic heterocycles. The standard InChI is InChI=1S/C25H23NO5/c1-16-8-9-17(2)20(14-16)26-24(27)23(18-6-4-3-5-7-18)31-25(28)19-10-11-21-22(15-19)30-13-12-29-21/h3-11,14-15,23H,12-13H2,1-2H3,(H,26,27)/t23-/m1/s1. The molecule has 6 nitrogen and oxygen atoms in total. The first kappa shape index (κ1) is 20.5. The maximum atomic E-state index is 13.1. The summed E-state index contributed by atoms with van der Waals surface area (Å²) in [7, 11) is 0. The normalized spacial score (nSPS) is 13.2. The smallest absolute Gasteiger partial charge is 0.339 e. The lowest BCUT2D eigenvalue weighted by Gasteiger charge is -2.21. The molecule has 0 fully saturated rings. The summed E-state index contributed by atoms with van der Waals surface area (Å²) in [5, 5.41) is 2.90. The summed E-state index contributed by atoms with van der Waals surface area (Å²) >= 11 is 0. The van der Waals surface area contributed by atoms with Crippen molar-refractivity contribution in [2.45, 2.75) is 20.0 Å². The van der Waals surface area contributed by atoms with E-state index in [0.29, 0.717) is 36.0 Å². The van der Waals surface area contributed by atoms with E-state index in [4.69, 9.17) is 14.2 Å². The van der Waals surface area contributed by atoms with Gasteiger partial charge in [-0.25, -0.2) is 4.79 Å². The van der Waals surface area contributed by atoms with Gasteiger partial charge in [0.25, 0.3) is 5.91 Å². The minimum Gasteiger partial charge on any atom is -0.486 e. The van der Waals surface area contributed by atoms with E-state index in [1.807, 2.05) is 38.1 Å². The fourth-order valence-corrected chi connectivity index (χ4v) is 3.31. The van der Waals surface area contributed by atoms with Crippen molar-refractivity contribution < 1.29 is 23.8 Å². The first-order valence-electron chi connectivity index (χ1n) is 10.0. The molecule has 1 N–H and O–H groups in total. The van der Waals surface area contributed by atoms with Gasteiger partial charge in [-0.15, -0.1) is 0 Å². The van der Waals surface area contributed by atoms with Crippen LogP contribution in [0.2, 0.25) is 0 Å². The highest BCUT2D eigenvalue weighted by atomic mass is 16.6. The van der Waals surface area contributed by atoms with Crippen LogP contribution in [0.25, 0.3) is 0 Å². The van der Waals surface area contributed by atoms with Gasteiger partial charge < -0.3 is 19.5 Å². The second kappa shape index (κ2) is 8.92. The molecule has 0 bridgehead atoms. The van der Waals surface area contributed by atoms with E-state index >= 15 is 0 Å². The molecule has 6 heteroatoms. The van der Waals surface area contributed by atoms with E-state index < -0.39 is 18.0 Å². The second-order valence-electron chi connectivity index (χ2n) is 7.36. The molecule has 0 unspecified atom stereocenters. The first-order valence-corrected chi connectivity index (χ1v) is 10.0. The Morgan fingerprint density at radius 1 is 0.903 bits per heavy atom. The zero-order valence-corrected chi connectivity index (χ0v) is 17.4. The Hall–Kier alpha value is -3.80. The number of benzene rings is 3. The van der Waals surface area contributed by atoms with Crippen LogP contribution in [-0.2, 0) is 9.53 Å². The monoisotopic (exact) mass is 417 g/mol. The molecule has 3 aromatic rings. The van der Waals surface area contributed by atoms with Gasteiger partial charge in [-0.2, -0.15) is 0 Å². The van der Waals surface area contributed by atoms with Gasteiger partial charge in [-0.05, 0) is 49.2 Å². The molecule has 4 rings (SSSR count). The molecule has 31 heavy (non-hydrogen) atoms. The molecular formula is C25H23NO5. The number of carbonyl (C=O) groups excluding carboxylic acids is 2. The average molecular weight is 417 g/mol. The summed E-state index contributed by atoms with van der Waals surface area (Å²) in [5.74, 6) is 0.0135. The molecule has 1 aliphatic rings. The number of esters is 1. The summed E-state index contributed by atoms with van der Waals surface area (Å²) in [6.07, 6.45) is -1.11. The Morgan fingerprint density at radius 3 is 2.42 bits per heavy atom. The first-order chi connectivity index (χ1) is 15.0. The van der Waals surface area contributed by atoms with Crippen molar-refractivity contribution in [3.8, 4) is 11.5 Å². The lowest BCUT2D eigenvalue weighted by atomic mass is 10.1. The summed E-state index contributed by atoms with van der Waals surface area (Å²) in [6.45, 7) is 4.74. The highest BCUT2D eigenvalue weighted by Crippen LogP contribution is 2.32. The van der Waals surface area contributed by atoms with E-state index in [1.54, 1.807) is 42.5 Å². The minimum absolute atomic E-state index is 0.282. The Balaban J connectivity index is 1.59. The quantitative estimate of drug-likeness (QED) is 0.614. The van der Waals surface area contributed by atoms with Crippen molar-refractivity contribution in [3.05, 3.63) is 89.0 Å². The number of amides is 1. The van der Waals surface area contributed by atoms with Gasteiger partial charge in [0.2, 0.25) is 6.10 Å². The van der Waals surface area contributed by atoms with Crippen LogP contribution < -0.4 is 14.8 Å². The third-order valence-corrected chi connectivity index (χ3v) is 4.99. The van der Waals surface area contributed by atoms with Gasteiger partial charge >= 0.3 is 5.97 Å². The summed E-state index contributed by atoms with van der Waals surface area (Å²) in [5.41, 5.74) is 3.48. The fraction of sp³-hybridized carbons (Fsp3) is 0.200. The number of hydrogen-bond acceptors (Lipinski definition) is 5. The Kier molecular flexibility index (Phi) is 5.89. The number of hydrogen-bond donors (Lipinski definition) is 1. The molecule has 3 aromatic carbocycles. The van der Waals surface area contributed by atoms with Gasteiger partial charge in [0.05, 0.1) is 5.56 Å². The third-order valence-electron chi connectivity index (χ3n) is 4.99. The highest BCUT2D eigenvalue weighted by molar-refractivity contribution is 5.98. The number of anilines is 1. The van der Waals surface area contributed by atoms with Gasteiger partial charge in [-0.1, -0.05) is 42.5 Å². The maximum Gasteiger partial charge on any atom is 0.339 e. The molecule has 0 aliphatic carbocycles. The van der Waals surface area contributed by atoms with Crippen molar-refractivity contribution in [1.29, 1.82) is 0 Å². The largest absolute Gasteiger partial charge is 0.486 e. The van der Waals surface area contributed by atoms with Crippen LogP contribution in [-0.4, -0.2) is 25.1 Å². The average Bonchev–Trinajstić information content (AvgIpc) is 2.80. The van der Waals surface area contributed by atoms with E-state index in [1.165, 1.54) is 0 Å². The van der Waals surface area contributed by atoms with E-state index in [-0.39, 0.29) is 5.56 Å². The lowest BCUT2D eigenvalue weighted by Crippen LogP contribution is -2.26. The molecule has 1 heterocycles. The van der Waals surface area contributed by atoms with Crippen LogP contribution in [0.4, 0.5) is 5.69 Å². The fourth-order valence-electron chi connectivity index (χ4n) is 3.31. The van der Waals surface area contributed by atoms with Crippen LogP contribution in [0.1, 0.15) is 33.2 Å². The molecule has 0 radical (unpaired) electrons.